The number of thioether (sulfide) groups is 1. The van der Waals surface area contributed by atoms with Crippen LogP contribution in [0.1, 0.15) is 16.2 Å². The van der Waals surface area contributed by atoms with Crippen LogP contribution >= 0.6 is 11.8 Å². The van der Waals surface area contributed by atoms with Gasteiger partial charge in [0.1, 0.15) is 5.75 Å². The first-order valence-corrected chi connectivity index (χ1v) is 12.7. The summed E-state index contributed by atoms with van der Waals surface area (Å²) >= 11 is 1.30. The SMILES string of the molecule is O=C(c1nnn(-c2ccc(OC(F)(F)F)cc2)c1CSc1ncccn1)N1CCN(c2ccccc2)CC1. The molecule has 0 atom stereocenters. The number of alkyl halides is 3. The number of hydrogen-bond donors (Lipinski definition) is 0. The molecule has 1 amide bonds. The average molecular weight is 542 g/mol. The summed E-state index contributed by atoms with van der Waals surface area (Å²) in [6.45, 7) is 2.37. The van der Waals surface area contributed by atoms with E-state index in [1.807, 2.05) is 30.3 Å². The van der Waals surface area contributed by atoms with Gasteiger partial charge >= 0.3 is 6.36 Å². The van der Waals surface area contributed by atoms with Gasteiger partial charge in [0.05, 0.1) is 11.4 Å². The van der Waals surface area contributed by atoms with Crippen molar-refractivity contribution < 1.29 is 22.7 Å². The summed E-state index contributed by atoms with van der Waals surface area (Å²) < 4.78 is 43.1. The first-order chi connectivity index (χ1) is 18.4. The molecular formula is C25H22F3N7O2S. The lowest BCUT2D eigenvalue weighted by Crippen LogP contribution is -2.49. The summed E-state index contributed by atoms with van der Waals surface area (Å²) in [7, 11) is 0. The Hall–Kier alpha value is -4.13. The predicted molar refractivity (Wildman–Crippen MR) is 134 cm³/mol. The Morgan fingerprint density at radius 3 is 2.24 bits per heavy atom. The van der Waals surface area contributed by atoms with Crippen molar-refractivity contribution in [3.05, 3.63) is 84.4 Å². The van der Waals surface area contributed by atoms with Crippen molar-refractivity contribution in [2.24, 2.45) is 0 Å². The zero-order valence-corrected chi connectivity index (χ0v) is 20.8. The number of ether oxygens (including phenoxy) is 1. The molecule has 1 aliphatic rings. The molecule has 0 unspecified atom stereocenters. The zero-order chi connectivity index (χ0) is 26.5. The number of aromatic nitrogens is 5. The number of benzene rings is 2. The Kier molecular flexibility index (Phi) is 7.45. The monoisotopic (exact) mass is 541 g/mol. The van der Waals surface area contributed by atoms with E-state index in [4.69, 9.17) is 0 Å². The lowest BCUT2D eigenvalue weighted by Gasteiger charge is -2.35. The minimum absolute atomic E-state index is 0.178. The summed E-state index contributed by atoms with van der Waals surface area (Å²) in [6, 6.07) is 16.9. The van der Waals surface area contributed by atoms with Gasteiger partial charge in [0.15, 0.2) is 10.9 Å². The predicted octanol–water partition coefficient (Wildman–Crippen LogP) is 4.21. The summed E-state index contributed by atoms with van der Waals surface area (Å²) in [5.41, 5.74) is 2.20. The molecule has 0 bridgehead atoms. The standard InChI is InChI=1S/C25H22F3N7O2S/c26-25(27,28)37-20-9-7-19(8-10-20)35-21(17-38-24-29-11-4-12-30-24)22(31-32-35)23(36)34-15-13-33(14-16-34)18-5-2-1-3-6-18/h1-12H,13-17H2. The first kappa shape index (κ1) is 25.5. The van der Waals surface area contributed by atoms with Gasteiger partial charge in [-0.05, 0) is 42.5 Å². The Bertz CT molecular complexity index is 1360. The molecule has 4 aromatic rings. The molecule has 38 heavy (non-hydrogen) atoms. The molecule has 0 radical (unpaired) electrons. The number of halogens is 3. The quantitative estimate of drug-likeness (QED) is 0.254. The molecular weight excluding hydrogens is 519 g/mol. The van der Waals surface area contributed by atoms with Gasteiger partial charge in [-0.1, -0.05) is 35.2 Å². The van der Waals surface area contributed by atoms with E-state index in [-0.39, 0.29) is 23.1 Å². The van der Waals surface area contributed by atoms with E-state index in [0.717, 1.165) is 5.69 Å². The third-order valence-electron chi connectivity index (χ3n) is 5.85. The van der Waals surface area contributed by atoms with Crippen LogP contribution in [0.25, 0.3) is 5.69 Å². The van der Waals surface area contributed by atoms with Crippen LogP contribution in [0.3, 0.4) is 0 Å². The maximum atomic E-state index is 13.5. The lowest BCUT2D eigenvalue weighted by atomic mass is 10.2. The van der Waals surface area contributed by atoms with Crippen molar-refractivity contribution in [1.82, 2.24) is 29.9 Å². The van der Waals surface area contributed by atoms with Crippen LogP contribution in [-0.2, 0) is 5.75 Å². The third-order valence-corrected chi connectivity index (χ3v) is 6.74. The van der Waals surface area contributed by atoms with Crippen molar-refractivity contribution in [1.29, 1.82) is 0 Å². The van der Waals surface area contributed by atoms with Crippen molar-refractivity contribution >= 4 is 23.4 Å². The van der Waals surface area contributed by atoms with Gasteiger partial charge in [-0.25, -0.2) is 14.6 Å². The minimum atomic E-state index is -4.80. The highest BCUT2D eigenvalue weighted by molar-refractivity contribution is 7.98. The number of carbonyl (C=O) groups excluding carboxylic acids is 1. The molecule has 13 heteroatoms. The second-order valence-electron chi connectivity index (χ2n) is 8.27. The number of para-hydroxylation sites is 1. The highest BCUT2D eigenvalue weighted by Gasteiger charge is 2.31. The number of hydrogen-bond acceptors (Lipinski definition) is 8. The third kappa shape index (κ3) is 6.05. The number of amides is 1. The van der Waals surface area contributed by atoms with Crippen LogP contribution in [0.15, 0.2) is 78.2 Å². The van der Waals surface area contributed by atoms with Crippen LogP contribution in [0, 0.1) is 0 Å². The van der Waals surface area contributed by atoms with Gasteiger partial charge in [0.2, 0.25) is 0 Å². The van der Waals surface area contributed by atoms with Crippen LogP contribution in [0.4, 0.5) is 18.9 Å². The molecule has 0 aliphatic carbocycles. The van der Waals surface area contributed by atoms with Gasteiger partial charge in [-0.3, -0.25) is 4.79 Å². The van der Waals surface area contributed by atoms with Gasteiger partial charge in [-0.15, -0.1) is 18.3 Å². The lowest BCUT2D eigenvalue weighted by molar-refractivity contribution is -0.274. The van der Waals surface area contributed by atoms with E-state index in [2.05, 4.69) is 29.9 Å². The molecule has 1 fully saturated rings. The molecule has 3 heterocycles. The fraction of sp³-hybridized carbons (Fsp3) is 0.240. The number of carbonyl (C=O) groups is 1. The molecule has 196 valence electrons. The maximum absolute atomic E-state index is 13.5. The van der Waals surface area contributed by atoms with Gasteiger partial charge in [0, 0.05) is 50.0 Å². The summed E-state index contributed by atoms with van der Waals surface area (Å²) in [5.74, 6) is -0.351. The molecule has 2 aromatic carbocycles. The molecule has 2 aromatic heterocycles. The van der Waals surface area contributed by atoms with Gasteiger partial charge < -0.3 is 14.5 Å². The van der Waals surface area contributed by atoms with Crippen molar-refractivity contribution in [2.45, 2.75) is 17.3 Å². The largest absolute Gasteiger partial charge is 0.573 e. The average Bonchev–Trinajstić information content (AvgIpc) is 3.36. The molecule has 1 aliphatic heterocycles. The van der Waals surface area contributed by atoms with Gasteiger partial charge in [-0.2, -0.15) is 0 Å². The Labute approximate surface area is 220 Å². The Balaban J connectivity index is 1.37. The highest BCUT2D eigenvalue weighted by Crippen LogP contribution is 2.27. The zero-order valence-electron chi connectivity index (χ0n) is 20.0. The van der Waals surface area contributed by atoms with Crippen LogP contribution < -0.4 is 9.64 Å². The van der Waals surface area contributed by atoms with Crippen LogP contribution in [0.5, 0.6) is 5.75 Å². The summed E-state index contributed by atoms with van der Waals surface area (Å²) in [6.07, 6.45) is -1.57. The first-order valence-electron chi connectivity index (χ1n) is 11.7. The Morgan fingerprint density at radius 2 is 1.58 bits per heavy atom. The second-order valence-corrected chi connectivity index (χ2v) is 9.22. The number of piperazine rings is 1. The van der Waals surface area contributed by atoms with Crippen LogP contribution in [-0.4, -0.2) is 68.3 Å². The normalized spacial score (nSPS) is 14.0. The van der Waals surface area contributed by atoms with E-state index < -0.39 is 6.36 Å². The van der Waals surface area contributed by atoms with E-state index in [9.17, 15) is 18.0 Å². The fourth-order valence-electron chi connectivity index (χ4n) is 4.04. The second kappa shape index (κ2) is 11.1. The van der Waals surface area contributed by atoms with E-state index >= 15 is 0 Å². The van der Waals surface area contributed by atoms with Crippen LogP contribution in [0.2, 0.25) is 0 Å². The Morgan fingerprint density at radius 1 is 0.895 bits per heavy atom. The maximum Gasteiger partial charge on any atom is 0.573 e. The molecule has 0 N–H and O–H groups in total. The van der Waals surface area contributed by atoms with Crippen molar-refractivity contribution in [2.75, 3.05) is 31.1 Å². The number of rotatable bonds is 7. The topological polar surface area (TPSA) is 89.3 Å². The van der Waals surface area contributed by atoms with Crippen molar-refractivity contribution in [3.8, 4) is 11.4 Å². The number of nitrogens with zero attached hydrogens (tertiary/aromatic N) is 7. The molecule has 0 spiro atoms. The fourth-order valence-corrected chi connectivity index (χ4v) is 4.84. The molecule has 9 nitrogen and oxygen atoms in total. The molecule has 5 rings (SSSR count). The van der Waals surface area contributed by atoms with Crippen molar-refractivity contribution in [3.63, 3.8) is 0 Å². The van der Waals surface area contributed by atoms with E-state index in [1.54, 1.807) is 23.4 Å². The minimum Gasteiger partial charge on any atom is -0.406 e. The molecule has 0 saturated carbocycles. The van der Waals surface area contributed by atoms with E-state index in [1.165, 1.54) is 40.7 Å². The summed E-state index contributed by atoms with van der Waals surface area (Å²) in [5, 5.41) is 8.86. The smallest absolute Gasteiger partial charge is 0.406 e. The molecule has 1 saturated heterocycles. The summed E-state index contributed by atoms with van der Waals surface area (Å²) in [4.78, 5) is 25.9. The number of anilines is 1. The highest BCUT2D eigenvalue weighted by atomic mass is 32.2. The van der Waals surface area contributed by atoms with Gasteiger partial charge in [0.25, 0.3) is 5.91 Å². The van der Waals surface area contributed by atoms with E-state index in [0.29, 0.717) is 42.7 Å².